The molecule has 0 unspecified atom stereocenters. The number of rotatable bonds is 8. The van der Waals surface area contributed by atoms with Gasteiger partial charge in [-0.05, 0) is 30.9 Å². The summed E-state index contributed by atoms with van der Waals surface area (Å²) in [6, 6.07) is 9.24. The van der Waals surface area contributed by atoms with E-state index in [-0.39, 0.29) is 24.2 Å². The number of carbonyl (C=O) groups is 2. The van der Waals surface area contributed by atoms with Crippen LogP contribution in [0.1, 0.15) is 31.2 Å². The van der Waals surface area contributed by atoms with Gasteiger partial charge < -0.3 is 10.1 Å². The summed E-state index contributed by atoms with van der Waals surface area (Å²) in [6.07, 6.45) is 3.34. The van der Waals surface area contributed by atoms with E-state index in [4.69, 9.17) is 0 Å². The Bertz CT molecular complexity index is 754. The van der Waals surface area contributed by atoms with Crippen molar-refractivity contribution in [3.05, 3.63) is 41.3 Å². The highest BCUT2D eigenvalue weighted by molar-refractivity contribution is 7.92. The number of hydrogen-bond donors (Lipinski definition) is 1. The second kappa shape index (κ2) is 10.2. The van der Waals surface area contributed by atoms with Crippen LogP contribution in [0.15, 0.2) is 35.7 Å². The molecule has 1 aliphatic heterocycles. The molecule has 1 aliphatic rings. The molecule has 0 aromatic heterocycles. The van der Waals surface area contributed by atoms with Crippen LogP contribution in [0.25, 0.3) is 6.08 Å². The number of ether oxygens (including phenoxy) is 1. The molecule has 0 atom stereocenters. The van der Waals surface area contributed by atoms with Crippen LogP contribution < -0.4 is 5.32 Å². The highest BCUT2D eigenvalue weighted by atomic mass is 32.2. The Labute approximate surface area is 160 Å². The lowest BCUT2D eigenvalue weighted by Gasteiger charge is -2.29. The molecule has 1 aromatic rings. The van der Waals surface area contributed by atoms with Crippen LogP contribution >= 0.6 is 0 Å². The van der Waals surface area contributed by atoms with Crippen LogP contribution in [0, 0.1) is 5.92 Å². The second-order valence-corrected chi connectivity index (χ2v) is 8.22. The topological polar surface area (TPSA) is 92.8 Å². The number of sulfonamides is 1. The molecule has 8 heteroatoms. The van der Waals surface area contributed by atoms with Crippen molar-refractivity contribution in [1.82, 2.24) is 9.62 Å². The fourth-order valence-electron chi connectivity index (χ4n) is 2.88. The zero-order valence-corrected chi connectivity index (χ0v) is 16.3. The lowest BCUT2D eigenvalue weighted by molar-refractivity contribution is -0.140. The van der Waals surface area contributed by atoms with E-state index in [1.165, 1.54) is 16.8 Å². The van der Waals surface area contributed by atoms with E-state index in [2.05, 4.69) is 10.1 Å². The van der Waals surface area contributed by atoms with Gasteiger partial charge in [0.1, 0.15) is 0 Å². The number of nitrogens with one attached hydrogen (secondary N) is 1. The standard InChI is InChI=1S/C19H26N2O5S/c1-26-18(22)8-5-12-20-19(23)17-9-13-21(14-10-17)27(24,25)15-11-16-6-3-2-4-7-16/h2-4,6-7,11,15,17H,5,8-10,12-14H2,1H3,(H,20,23)/b15-11+. The molecular weight excluding hydrogens is 368 g/mol. The number of benzene rings is 1. The summed E-state index contributed by atoms with van der Waals surface area (Å²) in [4.78, 5) is 23.2. The lowest BCUT2D eigenvalue weighted by Crippen LogP contribution is -2.42. The first-order valence-electron chi connectivity index (χ1n) is 9.00. The molecule has 0 saturated carbocycles. The smallest absolute Gasteiger partial charge is 0.305 e. The molecule has 0 radical (unpaired) electrons. The summed E-state index contributed by atoms with van der Waals surface area (Å²) >= 11 is 0. The van der Waals surface area contributed by atoms with Crippen molar-refractivity contribution in [3.8, 4) is 0 Å². The third kappa shape index (κ3) is 6.80. The number of carbonyl (C=O) groups excluding carboxylic acids is 2. The average molecular weight is 394 g/mol. The molecule has 0 bridgehead atoms. The van der Waals surface area contributed by atoms with Gasteiger partial charge in [0, 0.05) is 37.4 Å². The normalized spacial score (nSPS) is 16.3. The van der Waals surface area contributed by atoms with E-state index in [9.17, 15) is 18.0 Å². The van der Waals surface area contributed by atoms with E-state index in [1.807, 2.05) is 30.3 Å². The third-order valence-corrected chi connectivity index (χ3v) is 6.07. The Morgan fingerprint density at radius 1 is 1.22 bits per heavy atom. The van der Waals surface area contributed by atoms with Gasteiger partial charge in [0.2, 0.25) is 15.9 Å². The van der Waals surface area contributed by atoms with Gasteiger partial charge >= 0.3 is 5.97 Å². The molecule has 1 N–H and O–H groups in total. The van der Waals surface area contributed by atoms with Crippen molar-refractivity contribution >= 4 is 28.0 Å². The van der Waals surface area contributed by atoms with Crippen LogP contribution in [0.5, 0.6) is 0 Å². The first-order valence-corrected chi connectivity index (χ1v) is 10.5. The first kappa shape index (κ1) is 21.1. The SMILES string of the molecule is COC(=O)CCCNC(=O)C1CCN(S(=O)(=O)/C=C/c2ccccc2)CC1. The van der Waals surface area contributed by atoms with Crippen molar-refractivity contribution in [2.24, 2.45) is 5.92 Å². The molecule has 1 fully saturated rings. The summed E-state index contributed by atoms with van der Waals surface area (Å²) in [5, 5.41) is 4.02. The van der Waals surface area contributed by atoms with Crippen molar-refractivity contribution in [1.29, 1.82) is 0 Å². The van der Waals surface area contributed by atoms with E-state index in [0.717, 1.165) is 5.56 Å². The number of piperidine rings is 1. The monoisotopic (exact) mass is 394 g/mol. The van der Waals surface area contributed by atoms with Gasteiger partial charge in [-0.3, -0.25) is 9.59 Å². The van der Waals surface area contributed by atoms with E-state index in [1.54, 1.807) is 6.08 Å². The summed E-state index contributed by atoms with van der Waals surface area (Å²) in [5.74, 6) is -0.587. The minimum Gasteiger partial charge on any atom is -0.469 e. The van der Waals surface area contributed by atoms with Crippen LogP contribution in [-0.4, -0.2) is 51.3 Å². The van der Waals surface area contributed by atoms with Crippen molar-refractivity contribution in [2.45, 2.75) is 25.7 Å². The second-order valence-electron chi connectivity index (χ2n) is 6.40. The first-order chi connectivity index (χ1) is 12.9. The largest absolute Gasteiger partial charge is 0.469 e. The van der Waals surface area contributed by atoms with Crippen molar-refractivity contribution in [3.63, 3.8) is 0 Å². The summed E-state index contributed by atoms with van der Waals surface area (Å²) < 4.78 is 30.8. The molecule has 1 saturated heterocycles. The Kier molecular flexibility index (Phi) is 7.99. The molecule has 1 heterocycles. The maximum atomic E-state index is 12.4. The van der Waals surface area contributed by atoms with Gasteiger partial charge in [-0.2, -0.15) is 4.31 Å². The van der Waals surface area contributed by atoms with Gasteiger partial charge in [0.15, 0.2) is 0 Å². The Balaban J connectivity index is 1.77. The quantitative estimate of drug-likeness (QED) is 0.536. The Morgan fingerprint density at radius 3 is 2.52 bits per heavy atom. The highest BCUT2D eigenvalue weighted by Gasteiger charge is 2.29. The van der Waals surface area contributed by atoms with Crippen molar-refractivity contribution in [2.75, 3.05) is 26.7 Å². The molecule has 0 aliphatic carbocycles. The van der Waals surface area contributed by atoms with Crippen molar-refractivity contribution < 1.29 is 22.7 Å². The van der Waals surface area contributed by atoms with Crippen LogP contribution in [-0.2, 0) is 24.3 Å². The highest BCUT2D eigenvalue weighted by Crippen LogP contribution is 2.21. The predicted molar refractivity (Wildman–Crippen MR) is 103 cm³/mol. The molecule has 0 spiro atoms. The van der Waals surface area contributed by atoms with Gasteiger partial charge in [-0.25, -0.2) is 8.42 Å². The summed E-state index contributed by atoms with van der Waals surface area (Å²) in [5.41, 5.74) is 0.822. The van der Waals surface area contributed by atoms with Gasteiger partial charge in [-0.1, -0.05) is 30.3 Å². The molecule has 2 rings (SSSR count). The fraction of sp³-hybridized carbons (Fsp3) is 0.474. The lowest BCUT2D eigenvalue weighted by atomic mass is 9.97. The fourth-order valence-corrected chi connectivity index (χ4v) is 4.10. The Hall–Kier alpha value is -2.19. The number of esters is 1. The molecule has 1 amide bonds. The third-order valence-electron chi connectivity index (χ3n) is 4.50. The number of amides is 1. The minimum absolute atomic E-state index is 0.0864. The van der Waals surface area contributed by atoms with Crippen LogP contribution in [0.3, 0.4) is 0 Å². The molecule has 1 aromatic carbocycles. The molecule has 27 heavy (non-hydrogen) atoms. The van der Waals surface area contributed by atoms with Crippen LogP contribution in [0.2, 0.25) is 0 Å². The zero-order chi connectivity index (χ0) is 19.7. The molecule has 7 nitrogen and oxygen atoms in total. The Morgan fingerprint density at radius 2 is 1.89 bits per heavy atom. The maximum Gasteiger partial charge on any atom is 0.305 e. The average Bonchev–Trinajstić information content (AvgIpc) is 2.70. The van der Waals surface area contributed by atoms with E-state index in [0.29, 0.717) is 38.9 Å². The summed E-state index contributed by atoms with van der Waals surface area (Å²) in [6.45, 7) is 1.05. The van der Waals surface area contributed by atoms with E-state index < -0.39 is 10.0 Å². The minimum atomic E-state index is -3.49. The predicted octanol–water partition coefficient (Wildman–Crippen LogP) is 1.77. The van der Waals surface area contributed by atoms with E-state index >= 15 is 0 Å². The van der Waals surface area contributed by atoms with Crippen LogP contribution in [0.4, 0.5) is 0 Å². The number of hydrogen-bond acceptors (Lipinski definition) is 5. The van der Waals surface area contributed by atoms with Gasteiger partial charge in [-0.15, -0.1) is 0 Å². The molecule has 148 valence electrons. The number of methoxy groups -OCH3 is 1. The van der Waals surface area contributed by atoms with Gasteiger partial charge in [0.05, 0.1) is 7.11 Å². The summed E-state index contributed by atoms with van der Waals surface area (Å²) in [7, 11) is -2.16. The zero-order valence-electron chi connectivity index (χ0n) is 15.5. The number of nitrogens with zero attached hydrogens (tertiary/aromatic N) is 1. The molecular formula is C19H26N2O5S. The maximum absolute atomic E-state index is 12.4. The van der Waals surface area contributed by atoms with Gasteiger partial charge in [0.25, 0.3) is 0 Å².